The largest absolute Gasteiger partial charge is 0.496 e. The zero-order valence-electron chi connectivity index (χ0n) is 21.1. The van der Waals surface area contributed by atoms with Gasteiger partial charge in [0.2, 0.25) is 12.4 Å². The van der Waals surface area contributed by atoms with Gasteiger partial charge < -0.3 is 29.6 Å². The highest BCUT2D eigenvalue weighted by Crippen LogP contribution is 2.46. The monoisotopic (exact) mass is 531 g/mol. The second-order valence-corrected chi connectivity index (χ2v) is 11.5. The van der Waals surface area contributed by atoms with Gasteiger partial charge in [0.05, 0.1) is 19.4 Å². The van der Waals surface area contributed by atoms with Crippen molar-refractivity contribution in [2.75, 3.05) is 35.3 Å². The highest BCUT2D eigenvalue weighted by atomic mass is 31.2. The molecule has 37 heavy (non-hydrogen) atoms. The first-order chi connectivity index (χ1) is 17.7. The average Bonchev–Trinajstić information content (AvgIpc) is 3.48. The molecule has 1 aromatic heterocycles. The maximum absolute atomic E-state index is 12.3. The molecular formula is C25H34N5O6P. The minimum atomic E-state index is -4.54. The summed E-state index contributed by atoms with van der Waals surface area (Å²) >= 11 is 0. The number of hydrogen-bond donors (Lipinski definition) is 3. The second-order valence-electron chi connectivity index (χ2n) is 10.3. The third-order valence-corrected chi connectivity index (χ3v) is 8.23. The standard InChI is InChI=1S/C25H34N5O6P/c1-16-9-17(3-8-23(16)35-2)11-26-24-22(12-27-25(28-24)29-13-18-10-19(18)14-29)30(15-31)20-4-6-21(7-5-20)36-37(32,33)34/h3,8-9,12,15,18-21H,4-7,10-11,13-14H2,1-2H3,(H,26,27,28)(H2,32,33,34). The number of nitrogens with zero attached hydrogens (tertiary/aromatic N) is 4. The average molecular weight is 532 g/mol. The van der Waals surface area contributed by atoms with Crippen molar-refractivity contribution in [3.8, 4) is 5.75 Å². The van der Waals surface area contributed by atoms with Gasteiger partial charge in [-0.1, -0.05) is 12.1 Å². The van der Waals surface area contributed by atoms with Crippen LogP contribution < -0.4 is 19.9 Å². The lowest BCUT2D eigenvalue weighted by Gasteiger charge is -2.35. The molecule has 3 N–H and O–H groups in total. The number of phosphoric acid groups is 1. The van der Waals surface area contributed by atoms with E-state index in [1.807, 2.05) is 19.1 Å². The number of carbonyl (C=O) groups excluding carboxylic acids is 1. The number of phosphoric ester groups is 1. The van der Waals surface area contributed by atoms with E-state index in [-0.39, 0.29) is 6.04 Å². The Kier molecular flexibility index (Phi) is 7.40. The molecule has 2 heterocycles. The first-order valence-corrected chi connectivity index (χ1v) is 14.2. The molecule has 5 rings (SSSR count). The summed E-state index contributed by atoms with van der Waals surface area (Å²) in [7, 11) is -2.89. The van der Waals surface area contributed by atoms with E-state index < -0.39 is 13.9 Å². The summed E-state index contributed by atoms with van der Waals surface area (Å²) in [5.74, 6) is 3.54. The van der Waals surface area contributed by atoms with Crippen LogP contribution in [0.2, 0.25) is 0 Å². The molecule has 1 amide bonds. The topological polar surface area (TPSA) is 137 Å². The van der Waals surface area contributed by atoms with E-state index >= 15 is 0 Å². The Morgan fingerprint density at radius 2 is 1.95 bits per heavy atom. The molecule has 1 aromatic carbocycles. The van der Waals surface area contributed by atoms with Gasteiger partial charge in [-0.25, -0.2) is 9.55 Å². The number of piperidine rings is 1. The molecule has 2 saturated carbocycles. The van der Waals surface area contributed by atoms with Gasteiger partial charge in [-0.05, 0) is 68.1 Å². The van der Waals surface area contributed by atoms with Crippen molar-refractivity contribution < 1.29 is 28.4 Å². The fraction of sp³-hybridized carbons (Fsp3) is 0.560. The van der Waals surface area contributed by atoms with Crippen LogP contribution >= 0.6 is 7.82 Å². The first-order valence-electron chi connectivity index (χ1n) is 12.7. The van der Waals surface area contributed by atoms with Crippen LogP contribution in [0.4, 0.5) is 17.5 Å². The first kappa shape index (κ1) is 25.9. The lowest BCUT2D eigenvalue weighted by Crippen LogP contribution is -2.39. The SMILES string of the molecule is COc1ccc(CNc2nc(N3CC4CC4C3)ncc2N(C=O)C2CCC(OP(=O)(O)O)CC2)cc1C. The number of carbonyl (C=O) groups is 1. The minimum absolute atomic E-state index is 0.146. The Bertz CT molecular complexity index is 1170. The van der Waals surface area contributed by atoms with Crippen LogP contribution in [-0.2, 0) is 20.4 Å². The van der Waals surface area contributed by atoms with Crippen molar-refractivity contribution in [2.24, 2.45) is 11.8 Å². The molecule has 3 fully saturated rings. The number of rotatable bonds is 10. The number of aryl methyl sites for hydroxylation is 1. The van der Waals surface area contributed by atoms with Gasteiger partial charge in [0.25, 0.3) is 0 Å². The highest BCUT2D eigenvalue weighted by Gasteiger charge is 2.46. The molecule has 12 heteroatoms. The summed E-state index contributed by atoms with van der Waals surface area (Å²) in [6.07, 6.45) is 5.26. The molecule has 2 aromatic rings. The Labute approximate surface area is 216 Å². The van der Waals surface area contributed by atoms with E-state index in [1.54, 1.807) is 18.2 Å². The molecule has 2 atom stereocenters. The van der Waals surface area contributed by atoms with E-state index in [9.17, 15) is 9.36 Å². The maximum Gasteiger partial charge on any atom is 0.469 e. The molecule has 2 aliphatic carbocycles. The van der Waals surface area contributed by atoms with Gasteiger partial charge in [0.1, 0.15) is 11.4 Å². The van der Waals surface area contributed by atoms with Gasteiger partial charge in [0, 0.05) is 25.7 Å². The predicted octanol–water partition coefficient (Wildman–Crippen LogP) is 3.25. The lowest BCUT2D eigenvalue weighted by atomic mass is 9.92. The molecule has 0 radical (unpaired) electrons. The van der Waals surface area contributed by atoms with Gasteiger partial charge in [-0.3, -0.25) is 9.32 Å². The van der Waals surface area contributed by atoms with Crippen molar-refractivity contribution in [3.05, 3.63) is 35.5 Å². The molecule has 0 spiro atoms. The number of hydrogen-bond acceptors (Lipinski definition) is 8. The smallest absolute Gasteiger partial charge is 0.469 e. The van der Waals surface area contributed by atoms with Gasteiger partial charge in [-0.2, -0.15) is 4.98 Å². The van der Waals surface area contributed by atoms with E-state index in [2.05, 4.69) is 21.3 Å². The third-order valence-electron chi connectivity index (χ3n) is 7.65. The van der Waals surface area contributed by atoms with Crippen LogP contribution in [0.15, 0.2) is 24.4 Å². The van der Waals surface area contributed by atoms with Crippen LogP contribution in [-0.4, -0.2) is 58.5 Å². The van der Waals surface area contributed by atoms with Crippen LogP contribution in [0, 0.1) is 18.8 Å². The van der Waals surface area contributed by atoms with Crippen molar-refractivity contribution in [2.45, 2.75) is 57.7 Å². The lowest BCUT2D eigenvalue weighted by molar-refractivity contribution is -0.108. The summed E-state index contributed by atoms with van der Waals surface area (Å²) in [5.41, 5.74) is 2.68. The number of methoxy groups -OCH3 is 1. The fourth-order valence-electron chi connectivity index (χ4n) is 5.60. The molecule has 3 aliphatic rings. The predicted molar refractivity (Wildman–Crippen MR) is 139 cm³/mol. The van der Waals surface area contributed by atoms with E-state index in [0.717, 1.165) is 48.2 Å². The summed E-state index contributed by atoms with van der Waals surface area (Å²) < 4.78 is 21.5. The number of amides is 1. The van der Waals surface area contributed by atoms with Crippen LogP contribution in [0.5, 0.6) is 5.75 Å². The van der Waals surface area contributed by atoms with E-state index in [0.29, 0.717) is 49.7 Å². The van der Waals surface area contributed by atoms with Crippen molar-refractivity contribution in [1.82, 2.24) is 9.97 Å². The Morgan fingerprint density at radius 3 is 2.57 bits per heavy atom. The summed E-state index contributed by atoms with van der Waals surface area (Å²) in [4.78, 5) is 43.9. The molecule has 2 unspecified atom stereocenters. The second kappa shape index (κ2) is 10.6. The van der Waals surface area contributed by atoms with Crippen molar-refractivity contribution in [1.29, 1.82) is 0 Å². The quantitative estimate of drug-likeness (QED) is 0.309. The Hall–Kier alpha value is -2.72. The summed E-state index contributed by atoms with van der Waals surface area (Å²) in [6, 6.07) is 5.84. The fourth-order valence-corrected chi connectivity index (χ4v) is 6.20. The van der Waals surface area contributed by atoms with Gasteiger partial charge in [0.15, 0.2) is 5.82 Å². The molecule has 200 valence electrons. The molecule has 0 bridgehead atoms. The number of fused-ring (bicyclic) bond motifs is 1. The van der Waals surface area contributed by atoms with Crippen molar-refractivity contribution >= 4 is 31.7 Å². The Morgan fingerprint density at radius 1 is 1.22 bits per heavy atom. The number of ether oxygens (including phenoxy) is 1. The van der Waals surface area contributed by atoms with Gasteiger partial charge in [-0.15, -0.1) is 0 Å². The number of anilines is 3. The van der Waals surface area contributed by atoms with E-state index in [1.165, 1.54) is 6.42 Å². The normalized spacial score (nSPS) is 24.9. The van der Waals surface area contributed by atoms with Crippen LogP contribution in [0.25, 0.3) is 0 Å². The number of nitrogens with one attached hydrogen (secondary N) is 1. The zero-order valence-corrected chi connectivity index (χ0v) is 22.0. The van der Waals surface area contributed by atoms with E-state index in [4.69, 9.17) is 24.0 Å². The minimum Gasteiger partial charge on any atom is -0.496 e. The van der Waals surface area contributed by atoms with Crippen molar-refractivity contribution in [3.63, 3.8) is 0 Å². The molecular weight excluding hydrogens is 497 g/mol. The summed E-state index contributed by atoms with van der Waals surface area (Å²) in [5, 5.41) is 3.43. The highest BCUT2D eigenvalue weighted by molar-refractivity contribution is 7.46. The number of benzene rings is 1. The molecule has 11 nitrogen and oxygen atoms in total. The molecule has 1 saturated heterocycles. The zero-order chi connectivity index (χ0) is 26.2. The third kappa shape index (κ3) is 6.06. The van der Waals surface area contributed by atoms with Crippen LogP contribution in [0.1, 0.15) is 43.2 Å². The molecule has 1 aliphatic heterocycles. The number of aromatic nitrogens is 2. The van der Waals surface area contributed by atoms with Crippen LogP contribution in [0.3, 0.4) is 0 Å². The maximum atomic E-state index is 12.3. The Balaban J connectivity index is 1.35. The van der Waals surface area contributed by atoms with Gasteiger partial charge >= 0.3 is 7.82 Å². The summed E-state index contributed by atoms with van der Waals surface area (Å²) in [6.45, 7) is 4.43.